The number of hydrogen-bond donors (Lipinski definition) is 1. The lowest BCUT2D eigenvalue weighted by Gasteiger charge is -2.12. The van der Waals surface area contributed by atoms with Crippen LogP contribution >= 0.6 is 0 Å². The fourth-order valence-corrected chi connectivity index (χ4v) is 1.32. The number of aryl methyl sites for hydroxylation is 1. The van der Waals surface area contributed by atoms with Gasteiger partial charge in [0.25, 0.3) is 0 Å². The fraction of sp³-hybridized carbons (Fsp3) is 0.400. The minimum absolute atomic E-state index is 0.423. The van der Waals surface area contributed by atoms with Crippen LogP contribution in [0.25, 0.3) is 0 Å². The molecule has 3 nitrogen and oxygen atoms in total. The Morgan fingerprint density at radius 3 is 1.92 bits per heavy atom. The van der Waals surface area contributed by atoms with Crippen LogP contribution in [-0.4, -0.2) is 14.2 Å². The van der Waals surface area contributed by atoms with Crippen molar-refractivity contribution in [1.29, 1.82) is 0 Å². The van der Waals surface area contributed by atoms with Gasteiger partial charge >= 0.3 is 0 Å². The third-order valence-corrected chi connectivity index (χ3v) is 1.96. The second-order valence-corrected chi connectivity index (χ2v) is 2.85. The number of benzene rings is 1. The first kappa shape index (κ1) is 9.86. The Kier molecular flexibility index (Phi) is 3.14. The minimum atomic E-state index is 0.423. The molecule has 0 heterocycles. The molecule has 2 N–H and O–H groups in total. The number of nitrogens with two attached hydrogens (primary N) is 1. The molecular formula is C10H15NO2. The molecule has 1 rings (SSSR count). The first-order chi connectivity index (χ1) is 6.22. The summed E-state index contributed by atoms with van der Waals surface area (Å²) < 4.78 is 10.4. The molecule has 0 unspecified atom stereocenters. The van der Waals surface area contributed by atoms with Gasteiger partial charge in [-0.1, -0.05) is 0 Å². The van der Waals surface area contributed by atoms with Crippen molar-refractivity contribution in [1.82, 2.24) is 0 Å². The molecule has 3 heteroatoms. The van der Waals surface area contributed by atoms with Crippen molar-refractivity contribution in [2.45, 2.75) is 13.5 Å². The van der Waals surface area contributed by atoms with Crippen LogP contribution in [0.3, 0.4) is 0 Å². The Morgan fingerprint density at radius 2 is 1.62 bits per heavy atom. The molecule has 0 atom stereocenters. The Hall–Kier alpha value is -1.22. The van der Waals surface area contributed by atoms with E-state index in [4.69, 9.17) is 15.2 Å². The van der Waals surface area contributed by atoms with Crippen molar-refractivity contribution < 1.29 is 9.47 Å². The molecule has 13 heavy (non-hydrogen) atoms. The molecule has 0 spiro atoms. The van der Waals surface area contributed by atoms with Crippen LogP contribution in [0.4, 0.5) is 0 Å². The maximum absolute atomic E-state index is 5.59. The van der Waals surface area contributed by atoms with Gasteiger partial charge in [0.05, 0.1) is 14.2 Å². The minimum Gasteiger partial charge on any atom is -0.496 e. The lowest BCUT2D eigenvalue weighted by atomic mass is 10.1. The van der Waals surface area contributed by atoms with Gasteiger partial charge in [-0.05, 0) is 24.6 Å². The topological polar surface area (TPSA) is 44.5 Å². The molecule has 1 aromatic carbocycles. The first-order valence-corrected chi connectivity index (χ1v) is 4.14. The third kappa shape index (κ3) is 1.92. The van der Waals surface area contributed by atoms with E-state index in [1.165, 1.54) is 0 Å². The molecule has 0 aliphatic heterocycles. The smallest absolute Gasteiger partial charge is 0.127 e. The van der Waals surface area contributed by atoms with Gasteiger partial charge in [0.2, 0.25) is 0 Å². The highest BCUT2D eigenvalue weighted by Crippen LogP contribution is 2.29. The zero-order chi connectivity index (χ0) is 9.84. The van der Waals surface area contributed by atoms with E-state index in [2.05, 4.69) is 0 Å². The molecular weight excluding hydrogens is 166 g/mol. The van der Waals surface area contributed by atoms with Crippen molar-refractivity contribution in [3.05, 3.63) is 23.3 Å². The predicted octanol–water partition coefficient (Wildman–Crippen LogP) is 1.47. The van der Waals surface area contributed by atoms with E-state index in [-0.39, 0.29) is 0 Å². The van der Waals surface area contributed by atoms with E-state index in [1.807, 2.05) is 19.1 Å². The van der Waals surface area contributed by atoms with E-state index in [0.29, 0.717) is 6.54 Å². The SMILES string of the molecule is COc1cc(C)cc(OC)c1CN. The lowest BCUT2D eigenvalue weighted by Crippen LogP contribution is -2.03. The van der Waals surface area contributed by atoms with Crippen molar-refractivity contribution in [2.24, 2.45) is 5.73 Å². The predicted molar refractivity (Wildman–Crippen MR) is 52.2 cm³/mol. The second-order valence-electron chi connectivity index (χ2n) is 2.85. The van der Waals surface area contributed by atoms with Gasteiger partial charge in [0, 0.05) is 12.1 Å². The number of ether oxygens (including phenoxy) is 2. The van der Waals surface area contributed by atoms with Crippen LogP contribution in [0, 0.1) is 6.92 Å². The highest BCUT2D eigenvalue weighted by molar-refractivity contribution is 5.47. The fourth-order valence-electron chi connectivity index (χ4n) is 1.32. The van der Waals surface area contributed by atoms with Crippen molar-refractivity contribution in [3.8, 4) is 11.5 Å². The molecule has 0 aliphatic rings. The number of rotatable bonds is 3. The van der Waals surface area contributed by atoms with E-state index in [1.54, 1.807) is 14.2 Å². The van der Waals surface area contributed by atoms with Crippen LogP contribution in [0.1, 0.15) is 11.1 Å². The summed E-state index contributed by atoms with van der Waals surface area (Å²) in [6.45, 7) is 2.41. The monoisotopic (exact) mass is 181 g/mol. The molecule has 1 aromatic rings. The van der Waals surface area contributed by atoms with Crippen molar-refractivity contribution in [3.63, 3.8) is 0 Å². The van der Waals surface area contributed by atoms with Crippen LogP contribution in [0.15, 0.2) is 12.1 Å². The molecule has 0 amide bonds. The normalized spacial score (nSPS) is 9.85. The Balaban J connectivity index is 3.25. The molecule has 0 saturated heterocycles. The van der Waals surface area contributed by atoms with Gasteiger partial charge in [-0.3, -0.25) is 0 Å². The van der Waals surface area contributed by atoms with Gasteiger partial charge < -0.3 is 15.2 Å². The third-order valence-electron chi connectivity index (χ3n) is 1.96. The first-order valence-electron chi connectivity index (χ1n) is 4.14. The van der Waals surface area contributed by atoms with Crippen molar-refractivity contribution >= 4 is 0 Å². The van der Waals surface area contributed by atoms with Crippen LogP contribution < -0.4 is 15.2 Å². The van der Waals surface area contributed by atoms with Crippen LogP contribution in [0.2, 0.25) is 0 Å². The Bertz CT molecular complexity index is 272. The Morgan fingerprint density at radius 1 is 1.15 bits per heavy atom. The maximum atomic E-state index is 5.59. The molecule has 0 aromatic heterocycles. The summed E-state index contributed by atoms with van der Waals surface area (Å²) in [5, 5.41) is 0. The highest BCUT2D eigenvalue weighted by atomic mass is 16.5. The number of methoxy groups -OCH3 is 2. The molecule has 0 saturated carbocycles. The van der Waals surface area contributed by atoms with Crippen molar-refractivity contribution in [2.75, 3.05) is 14.2 Å². The summed E-state index contributed by atoms with van der Waals surface area (Å²) in [5.41, 5.74) is 7.61. The largest absolute Gasteiger partial charge is 0.496 e. The quantitative estimate of drug-likeness (QED) is 0.768. The van der Waals surface area contributed by atoms with E-state index in [0.717, 1.165) is 22.6 Å². The molecule has 72 valence electrons. The van der Waals surface area contributed by atoms with E-state index < -0.39 is 0 Å². The van der Waals surface area contributed by atoms with Crippen LogP contribution in [-0.2, 0) is 6.54 Å². The summed E-state index contributed by atoms with van der Waals surface area (Å²) in [4.78, 5) is 0. The van der Waals surface area contributed by atoms with Gasteiger partial charge in [0.1, 0.15) is 11.5 Å². The zero-order valence-electron chi connectivity index (χ0n) is 8.26. The second kappa shape index (κ2) is 4.14. The maximum Gasteiger partial charge on any atom is 0.127 e. The summed E-state index contributed by atoms with van der Waals surface area (Å²) in [6.07, 6.45) is 0. The molecule has 0 fully saturated rings. The van der Waals surface area contributed by atoms with E-state index >= 15 is 0 Å². The van der Waals surface area contributed by atoms with Gasteiger partial charge in [-0.2, -0.15) is 0 Å². The summed E-state index contributed by atoms with van der Waals surface area (Å²) in [5.74, 6) is 1.58. The van der Waals surface area contributed by atoms with Gasteiger partial charge in [0.15, 0.2) is 0 Å². The average molecular weight is 181 g/mol. The molecule has 0 bridgehead atoms. The average Bonchev–Trinajstić information content (AvgIpc) is 2.16. The zero-order valence-corrected chi connectivity index (χ0v) is 8.26. The lowest BCUT2D eigenvalue weighted by molar-refractivity contribution is 0.385. The van der Waals surface area contributed by atoms with Crippen LogP contribution in [0.5, 0.6) is 11.5 Å². The molecule has 0 aliphatic carbocycles. The van der Waals surface area contributed by atoms with Gasteiger partial charge in [-0.25, -0.2) is 0 Å². The Labute approximate surface area is 78.5 Å². The van der Waals surface area contributed by atoms with Gasteiger partial charge in [-0.15, -0.1) is 0 Å². The summed E-state index contributed by atoms with van der Waals surface area (Å²) >= 11 is 0. The summed E-state index contributed by atoms with van der Waals surface area (Å²) in [7, 11) is 3.26. The molecule has 0 radical (unpaired) electrons. The standard InChI is InChI=1S/C10H15NO2/c1-7-4-9(12-2)8(6-11)10(5-7)13-3/h4-5H,6,11H2,1-3H3. The highest BCUT2D eigenvalue weighted by Gasteiger charge is 2.08. The van der Waals surface area contributed by atoms with E-state index in [9.17, 15) is 0 Å². The number of hydrogen-bond acceptors (Lipinski definition) is 3. The summed E-state index contributed by atoms with van der Waals surface area (Å²) in [6, 6.07) is 3.90.